The van der Waals surface area contributed by atoms with Crippen LogP contribution in [0.2, 0.25) is 0 Å². The third-order valence-electron chi connectivity index (χ3n) is 3.55. The van der Waals surface area contributed by atoms with Gasteiger partial charge in [-0.1, -0.05) is 0 Å². The summed E-state index contributed by atoms with van der Waals surface area (Å²) in [6.45, 7) is 2.61. The van der Waals surface area contributed by atoms with E-state index >= 15 is 0 Å². The van der Waals surface area contributed by atoms with Crippen molar-refractivity contribution in [2.75, 3.05) is 5.32 Å². The first-order chi connectivity index (χ1) is 9.28. The molecule has 0 aromatic carbocycles. The second kappa shape index (κ2) is 4.73. The number of aryl methyl sites for hydroxylation is 3. The highest BCUT2D eigenvalue weighted by Crippen LogP contribution is 2.25. The van der Waals surface area contributed by atoms with E-state index in [4.69, 9.17) is 0 Å². The normalized spacial score (nSPS) is 13.1. The van der Waals surface area contributed by atoms with Crippen LogP contribution >= 0.6 is 0 Å². The van der Waals surface area contributed by atoms with Gasteiger partial charge in [0.25, 0.3) is 0 Å². The second-order valence-corrected chi connectivity index (χ2v) is 4.83. The number of rotatable bonds is 3. The number of H-pyrrole nitrogens is 1. The number of aromatic amines is 1. The zero-order valence-corrected chi connectivity index (χ0v) is 10.8. The van der Waals surface area contributed by atoms with Crippen LogP contribution in [0.3, 0.4) is 0 Å². The molecule has 0 bridgehead atoms. The molecular formula is C14H15N5. The number of fused-ring (bicyclic) bond motifs is 1. The maximum atomic E-state index is 9.21. The topological polar surface area (TPSA) is 77.4 Å². The number of nitriles is 1. The fourth-order valence-electron chi connectivity index (χ4n) is 2.42. The molecular weight excluding hydrogens is 238 g/mol. The predicted octanol–water partition coefficient (Wildman–Crippen LogP) is 2.09. The van der Waals surface area contributed by atoms with Gasteiger partial charge in [-0.3, -0.25) is 5.10 Å². The highest BCUT2D eigenvalue weighted by atomic mass is 15.1. The lowest BCUT2D eigenvalue weighted by Crippen LogP contribution is -2.06. The van der Waals surface area contributed by atoms with Crippen LogP contribution in [-0.2, 0) is 19.4 Å². The van der Waals surface area contributed by atoms with Gasteiger partial charge in [0, 0.05) is 23.5 Å². The van der Waals surface area contributed by atoms with Crippen LogP contribution < -0.4 is 5.32 Å². The Labute approximate surface area is 111 Å². The molecule has 0 fully saturated rings. The van der Waals surface area contributed by atoms with Crippen molar-refractivity contribution < 1.29 is 0 Å². The molecule has 0 spiro atoms. The van der Waals surface area contributed by atoms with Crippen molar-refractivity contribution in [1.29, 1.82) is 5.26 Å². The summed E-state index contributed by atoms with van der Waals surface area (Å²) in [5, 5.41) is 19.3. The largest absolute Gasteiger partial charge is 0.365 e. The molecule has 19 heavy (non-hydrogen) atoms. The van der Waals surface area contributed by atoms with E-state index in [0.717, 1.165) is 36.2 Å². The van der Waals surface area contributed by atoms with E-state index in [-0.39, 0.29) is 0 Å². The molecule has 0 amide bonds. The maximum Gasteiger partial charge on any atom is 0.144 e. The zero-order chi connectivity index (χ0) is 13.2. The Bertz CT molecular complexity index is 650. The van der Waals surface area contributed by atoms with Crippen LogP contribution in [0.4, 0.5) is 5.82 Å². The Hall–Kier alpha value is -2.35. The number of nitrogens with zero attached hydrogens (tertiary/aromatic N) is 3. The van der Waals surface area contributed by atoms with Gasteiger partial charge in [0.15, 0.2) is 0 Å². The van der Waals surface area contributed by atoms with Gasteiger partial charge >= 0.3 is 0 Å². The Morgan fingerprint density at radius 3 is 3.11 bits per heavy atom. The van der Waals surface area contributed by atoms with Gasteiger partial charge in [-0.2, -0.15) is 10.4 Å². The first kappa shape index (κ1) is 11.7. The van der Waals surface area contributed by atoms with Crippen LogP contribution in [0.5, 0.6) is 0 Å². The molecule has 0 saturated carbocycles. The van der Waals surface area contributed by atoms with Crippen LogP contribution in [0.25, 0.3) is 0 Å². The van der Waals surface area contributed by atoms with E-state index in [9.17, 15) is 5.26 Å². The minimum Gasteiger partial charge on any atom is -0.365 e. The molecule has 96 valence electrons. The SMILES string of the molecule is Cc1[nH]ncc1CNc1nc2c(cc1C#N)CCC2. The number of pyridine rings is 1. The summed E-state index contributed by atoms with van der Waals surface area (Å²) >= 11 is 0. The van der Waals surface area contributed by atoms with Gasteiger partial charge < -0.3 is 5.32 Å². The van der Waals surface area contributed by atoms with Crippen molar-refractivity contribution in [2.24, 2.45) is 0 Å². The van der Waals surface area contributed by atoms with Crippen molar-refractivity contribution in [3.63, 3.8) is 0 Å². The first-order valence-electron chi connectivity index (χ1n) is 6.43. The van der Waals surface area contributed by atoms with E-state index in [2.05, 4.69) is 26.6 Å². The molecule has 3 rings (SSSR count). The first-order valence-corrected chi connectivity index (χ1v) is 6.43. The number of anilines is 1. The molecule has 5 heteroatoms. The van der Waals surface area contributed by atoms with Gasteiger partial charge in [0.1, 0.15) is 11.9 Å². The van der Waals surface area contributed by atoms with Gasteiger partial charge in [0.2, 0.25) is 0 Å². The lowest BCUT2D eigenvalue weighted by Gasteiger charge is -2.09. The summed E-state index contributed by atoms with van der Waals surface area (Å²) in [7, 11) is 0. The molecule has 0 unspecified atom stereocenters. The number of hydrogen-bond donors (Lipinski definition) is 2. The van der Waals surface area contributed by atoms with E-state index in [1.54, 1.807) is 6.20 Å². The van der Waals surface area contributed by atoms with Crippen molar-refractivity contribution in [2.45, 2.75) is 32.7 Å². The lowest BCUT2D eigenvalue weighted by molar-refractivity contribution is 0.899. The predicted molar refractivity (Wildman–Crippen MR) is 71.6 cm³/mol. The van der Waals surface area contributed by atoms with E-state index in [1.807, 2.05) is 13.0 Å². The summed E-state index contributed by atoms with van der Waals surface area (Å²) in [6, 6.07) is 4.19. The average molecular weight is 253 g/mol. The van der Waals surface area contributed by atoms with Crippen molar-refractivity contribution in [3.8, 4) is 6.07 Å². The monoisotopic (exact) mass is 253 g/mol. The highest BCUT2D eigenvalue weighted by Gasteiger charge is 2.16. The Morgan fingerprint density at radius 1 is 1.47 bits per heavy atom. The molecule has 2 heterocycles. The summed E-state index contributed by atoms with van der Waals surface area (Å²) in [5.74, 6) is 0.684. The van der Waals surface area contributed by atoms with Crippen LogP contribution in [-0.4, -0.2) is 15.2 Å². The summed E-state index contributed by atoms with van der Waals surface area (Å²) in [6.07, 6.45) is 4.98. The molecule has 2 aromatic rings. The van der Waals surface area contributed by atoms with Gasteiger partial charge in [-0.05, 0) is 37.8 Å². The molecule has 0 saturated heterocycles. The molecule has 0 atom stereocenters. The summed E-state index contributed by atoms with van der Waals surface area (Å²) in [4.78, 5) is 4.59. The molecule has 1 aliphatic carbocycles. The number of hydrogen-bond acceptors (Lipinski definition) is 4. The standard InChI is InChI=1S/C14H15N5/c1-9-12(8-17-19-9)7-16-14-11(6-15)5-10-3-2-4-13(10)18-14/h5,8H,2-4,7H2,1H3,(H,16,18)(H,17,19). The Kier molecular flexibility index (Phi) is 2.92. The van der Waals surface area contributed by atoms with Gasteiger partial charge in [0.05, 0.1) is 11.8 Å². The molecule has 5 nitrogen and oxygen atoms in total. The molecule has 2 N–H and O–H groups in total. The minimum absolute atomic E-state index is 0.627. The number of aromatic nitrogens is 3. The number of nitrogens with one attached hydrogen (secondary N) is 2. The molecule has 2 aromatic heterocycles. The highest BCUT2D eigenvalue weighted by molar-refractivity contribution is 5.55. The Balaban J connectivity index is 1.85. The van der Waals surface area contributed by atoms with E-state index in [1.165, 1.54) is 5.56 Å². The van der Waals surface area contributed by atoms with E-state index < -0.39 is 0 Å². The van der Waals surface area contributed by atoms with Crippen molar-refractivity contribution in [3.05, 3.63) is 40.3 Å². The van der Waals surface area contributed by atoms with Crippen LogP contribution in [0.1, 0.15) is 34.5 Å². The van der Waals surface area contributed by atoms with Gasteiger partial charge in [-0.25, -0.2) is 4.98 Å². The lowest BCUT2D eigenvalue weighted by atomic mass is 10.1. The fraction of sp³-hybridized carbons (Fsp3) is 0.357. The van der Waals surface area contributed by atoms with Crippen LogP contribution in [0.15, 0.2) is 12.3 Å². The quantitative estimate of drug-likeness (QED) is 0.878. The second-order valence-electron chi connectivity index (χ2n) is 4.83. The summed E-state index contributed by atoms with van der Waals surface area (Å²) < 4.78 is 0. The molecule has 0 radical (unpaired) electrons. The Morgan fingerprint density at radius 2 is 2.37 bits per heavy atom. The maximum absolute atomic E-state index is 9.21. The third-order valence-corrected chi connectivity index (χ3v) is 3.55. The average Bonchev–Trinajstić information content (AvgIpc) is 3.03. The van der Waals surface area contributed by atoms with Gasteiger partial charge in [-0.15, -0.1) is 0 Å². The van der Waals surface area contributed by atoms with Crippen molar-refractivity contribution >= 4 is 5.82 Å². The fourth-order valence-corrected chi connectivity index (χ4v) is 2.42. The van der Waals surface area contributed by atoms with Crippen molar-refractivity contribution in [1.82, 2.24) is 15.2 Å². The minimum atomic E-state index is 0.627. The third kappa shape index (κ3) is 2.17. The summed E-state index contributed by atoms with van der Waals surface area (Å²) in [5.41, 5.74) is 5.10. The molecule has 1 aliphatic rings. The molecule has 0 aliphatic heterocycles. The zero-order valence-electron chi connectivity index (χ0n) is 10.8. The van der Waals surface area contributed by atoms with Crippen LogP contribution in [0, 0.1) is 18.3 Å². The van der Waals surface area contributed by atoms with E-state index in [0.29, 0.717) is 17.9 Å². The smallest absolute Gasteiger partial charge is 0.144 e.